The van der Waals surface area contributed by atoms with Gasteiger partial charge in [0.2, 0.25) is 0 Å². The molecule has 0 amide bonds. The van der Waals surface area contributed by atoms with Crippen LogP contribution in [-0.4, -0.2) is 6.54 Å². The molecule has 0 aromatic rings. The zero-order valence-electron chi connectivity index (χ0n) is 8.75. The van der Waals surface area contributed by atoms with Crippen molar-refractivity contribution in [2.75, 3.05) is 6.54 Å². The first-order chi connectivity index (χ1) is 6.97. The van der Waals surface area contributed by atoms with E-state index in [4.69, 9.17) is 15.8 Å². The van der Waals surface area contributed by atoms with Crippen LogP contribution in [0.2, 0.25) is 0 Å². The predicted octanol–water partition coefficient (Wildman–Crippen LogP) is 5.12. The second-order valence-electron chi connectivity index (χ2n) is 1.81. The quantitative estimate of drug-likeness (QED) is 0.336. The molecule has 0 saturated heterocycles. The first kappa shape index (κ1) is 24.7. The second kappa shape index (κ2) is 36.5. The van der Waals surface area contributed by atoms with Gasteiger partial charge in [0.1, 0.15) is 0 Å². The Hall–Kier alpha value is 0.558. The third kappa shape index (κ3) is 351. The topological polar surface area (TPSA) is 76.3 Å². The maximum atomic E-state index is 10.7. The Morgan fingerprint density at radius 1 is 1.47 bits per heavy atom. The van der Waals surface area contributed by atoms with Crippen molar-refractivity contribution in [3.8, 4) is 0 Å². The Labute approximate surface area is 105 Å². The second-order valence-corrected chi connectivity index (χ2v) is 7.22. The van der Waals surface area contributed by atoms with Crippen LogP contribution >= 0.6 is 18.8 Å². The summed E-state index contributed by atoms with van der Waals surface area (Å²) in [5.41, 5.74) is 6.45. The van der Waals surface area contributed by atoms with Gasteiger partial charge in [-0.05, 0) is 0 Å². The molecule has 15 heavy (non-hydrogen) atoms. The molecule has 4 nitrogen and oxygen atoms in total. The van der Waals surface area contributed by atoms with Crippen molar-refractivity contribution in [1.29, 1.82) is 0 Å². The van der Waals surface area contributed by atoms with Crippen molar-refractivity contribution in [2.24, 2.45) is 5.34 Å². The van der Waals surface area contributed by atoms with Crippen molar-refractivity contribution < 1.29 is 18.9 Å². The molecule has 0 aliphatic carbocycles. The Morgan fingerprint density at radius 3 is 1.60 bits per heavy atom. The van der Waals surface area contributed by atoms with Gasteiger partial charge in [0, 0.05) is 0 Å². The summed E-state index contributed by atoms with van der Waals surface area (Å²) in [7, 11) is 9.06. The van der Waals surface area contributed by atoms with Crippen molar-refractivity contribution in [1.82, 2.24) is 0 Å². The van der Waals surface area contributed by atoms with E-state index < -0.39 is 15.8 Å². The molecule has 0 aromatic heterocycles. The van der Waals surface area contributed by atoms with E-state index in [-0.39, 0.29) is 0 Å². The van der Waals surface area contributed by atoms with Gasteiger partial charge >= 0.3 is 37.7 Å². The summed E-state index contributed by atoms with van der Waals surface area (Å²) in [5, 5.41) is 9.00. The van der Waals surface area contributed by atoms with Crippen LogP contribution in [0.4, 0.5) is 3.16 Å². The Morgan fingerprint density at radius 2 is 1.60 bits per heavy atom. The van der Waals surface area contributed by atoms with Crippen molar-refractivity contribution >= 4 is 18.8 Å². The summed E-state index contributed by atoms with van der Waals surface area (Å²) in [6.07, 6.45) is 3.26. The van der Waals surface area contributed by atoms with E-state index in [9.17, 15) is 3.16 Å². The van der Waals surface area contributed by atoms with Crippen LogP contribution in [0.5, 0.6) is 0 Å². The normalized spacial score (nSPS) is 7.80. The predicted molar refractivity (Wildman–Crippen MR) is 61.7 cm³/mol. The molecule has 0 aliphatic rings. The summed E-state index contributed by atoms with van der Waals surface area (Å²) in [6.45, 7) is 8.28. The molecule has 0 rings (SSSR count). The van der Waals surface area contributed by atoms with Crippen LogP contribution in [0.1, 0.15) is 33.1 Å². The summed E-state index contributed by atoms with van der Waals surface area (Å²) < 4.78 is 10.7. The molecule has 0 radical (unpaired) electrons. The first-order valence-electron chi connectivity index (χ1n) is 3.99. The van der Waals surface area contributed by atoms with Gasteiger partial charge in [-0.15, -0.1) is 5.34 Å². The monoisotopic (exact) mass is 445 g/mol. The number of hydrogen-bond acceptors (Lipinski definition) is 3. The number of halogens is 3. The van der Waals surface area contributed by atoms with Gasteiger partial charge in [0.15, 0.2) is 0 Å². The number of rotatable bonds is 2. The molecule has 0 atom stereocenters. The fourth-order valence-corrected chi connectivity index (χ4v) is 0. The first-order valence-corrected chi connectivity index (χ1v) is 10.5. The van der Waals surface area contributed by atoms with Gasteiger partial charge in [0.05, 0.1) is 0 Å². The Kier molecular flexibility index (Phi) is 60.1. The van der Waals surface area contributed by atoms with Crippen LogP contribution in [0.25, 0.3) is 5.73 Å². The zero-order valence-corrected chi connectivity index (χ0v) is 12.5. The minimum absolute atomic E-state index is 0.569. The summed E-state index contributed by atoms with van der Waals surface area (Å²) in [6, 6.07) is 0. The standard InChI is InChI=1S/C4H9.C3H8N.2ClH.FH.HNO2.Pt/c1-3-4-2;1-2-3-4;;;;2-1-3;/h1,3-4H2,2H3;4H,2-3H2,1H3;3*1H;(H,2,3);/q2*-1;;;;;+3/p-4. The molecule has 0 saturated carbocycles. The van der Waals surface area contributed by atoms with Crippen LogP contribution in [0, 0.1) is 17.0 Å². The third-order valence-electron chi connectivity index (χ3n) is 0.604. The van der Waals surface area contributed by atoms with E-state index in [1.54, 1.807) is 0 Å². The SMILES string of the molecule is CCC[NH-].O=N[O-].[CH2-]CCC.[F][Pt]([Cl])[Cl]. The summed E-state index contributed by atoms with van der Waals surface area (Å²) in [5.74, 6) is 0. The van der Waals surface area contributed by atoms with Gasteiger partial charge in [-0.25, -0.2) is 0 Å². The van der Waals surface area contributed by atoms with Crippen LogP contribution in [0.15, 0.2) is 5.34 Å². The number of nitrogens with one attached hydrogen (secondary N) is 1. The molecular formula is C7H17Cl2FN2O2Pt-3. The van der Waals surface area contributed by atoms with E-state index in [1.807, 2.05) is 6.92 Å². The van der Waals surface area contributed by atoms with Crippen molar-refractivity contribution in [2.45, 2.75) is 33.1 Å². The Bertz CT molecular complexity index is 84.6. The summed E-state index contributed by atoms with van der Waals surface area (Å²) >= 11 is -2.82. The molecule has 1 N–H and O–H groups in total. The third-order valence-corrected chi connectivity index (χ3v) is 0.604. The molecule has 0 spiro atoms. The van der Waals surface area contributed by atoms with E-state index in [0.717, 1.165) is 18.2 Å². The van der Waals surface area contributed by atoms with Gasteiger partial charge in [-0.3, -0.25) is 0 Å². The molecule has 0 bridgehead atoms. The van der Waals surface area contributed by atoms with Crippen LogP contribution in [-0.2, 0) is 15.8 Å². The average molecular weight is 446 g/mol. The molecule has 0 aromatic carbocycles. The molecule has 101 valence electrons. The van der Waals surface area contributed by atoms with E-state index in [1.165, 1.54) is 6.42 Å². The number of nitrogens with zero attached hydrogens (tertiary/aromatic N) is 1. The summed E-state index contributed by atoms with van der Waals surface area (Å²) in [4.78, 5) is 8.00. The zero-order chi connectivity index (χ0) is 13.1. The number of unbranched alkanes of at least 4 members (excludes halogenated alkanes) is 1. The maximum absolute atomic E-state index is 10.7. The minimum atomic E-state index is -2.82. The van der Waals surface area contributed by atoms with Gasteiger partial charge in [0.25, 0.3) is 0 Å². The molecule has 0 unspecified atom stereocenters. The van der Waals surface area contributed by atoms with E-state index in [2.05, 4.69) is 32.7 Å². The van der Waals surface area contributed by atoms with Gasteiger partial charge in [-0.1, -0.05) is 26.7 Å². The van der Waals surface area contributed by atoms with E-state index >= 15 is 0 Å². The Balaban J connectivity index is -0.0000000542. The molecule has 0 heterocycles. The average Bonchev–Trinajstić information content (AvgIpc) is 2.18. The fourth-order valence-electron chi connectivity index (χ4n) is 0. The fraction of sp³-hybridized carbons (Fsp3) is 0.857. The molecule has 0 fully saturated rings. The molecule has 8 heteroatoms. The van der Waals surface area contributed by atoms with Crippen molar-refractivity contribution in [3.05, 3.63) is 22.8 Å². The number of hydrogen-bond donors (Lipinski definition) is 0. The van der Waals surface area contributed by atoms with E-state index in [0.29, 0.717) is 6.54 Å². The molecule has 0 aliphatic heterocycles. The van der Waals surface area contributed by atoms with Gasteiger partial charge < -0.3 is 22.8 Å². The van der Waals surface area contributed by atoms with Crippen LogP contribution < -0.4 is 0 Å². The van der Waals surface area contributed by atoms with Crippen molar-refractivity contribution in [3.63, 3.8) is 0 Å². The molecular weight excluding hydrogens is 429 g/mol. The van der Waals surface area contributed by atoms with Gasteiger partial charge in [-0.2, -0.15) is 13.0 Å². The van der Waals surface area contributed by atoms with Crippen LogP contribution in [0.3, 0.4) is 0 Å².